The van der Waals surface area contributed by atoms with E-state index < -0.39 is 21.9 Å². The molecule has 0 aliphatic carbocycles. The van der Waals surface area contributed by atoms with Crippen LogP contribution < -0.4 is 10.5 Å². The van der Waals surface area contributed by atoms with E-state index in [1.165, 1.54) is 18.2 Å². The summed E-state index contributed by atoms with van der Waals surface area (Å²) in [7, 11) is -3.99. The van der Waals surface area contributed by atoms with Gasteiger partial charge in [-0.1, -0.05) is 17.4 Å². The van der Waals surface area contributed by atoms with Crippen LogP contribution in [0.25, 0.3) is 0 Å². The van der Waals surface area contributed by atoms with Crippen molar-refractivity contribution in [1.82, 2.24) is 4.98 Å². The van der Waals surface area contributed by atoms with E-state index in [-0.39, 0.29) is 27.1 Å². The zero-order valence-electron chi connectivity index (χ0n) is 13.8. The summed E-state index contributed by atoms with van der Waals surface area (Å²) < 4.78 is 32.2. The van der Waals surface area contributed by atoms with Gasteiger partial charge in [0.05, 0.1) is 17.2 Å². The van der Waals surface area contributed by atoms with Crippen molar-refractivity contribution in [2.45, 2.75) is 25.7 Å². The molecule has 0 bridgehead atoms. The molecule has 0 unspecified atom stereocenters. The van der Waals surface area contributed by atoms with Crippen LogP contribution in [-0.4, -0.2) is 31.9 Å². The first-order valence-electron chi connectivity index (χ1n) is 7.23. The quantitative estimate of drug-likeness (QED) is 0.732. The fourth-order valence-corrected chi connectivity index (χ4v) is 4.15. The van der Waals surface area contributed by atoms with Crippen molar-refractivity contribution < 1.29 is 22.7 Å². The van der Waals surface area contributed by atoms with Crippen LogP contribution in [0.5, 0.6) is 0 Å². The van der Waals surface area contributed by atoms with E-state index in [2.05, 4.69) is 9.71 Å². The summed E-state index contributed by atoms with van der Waals surface area (Å²) in [5.41, 5.74) is 6.30. The smallest absolute Gasteiger partial charge is 0.350 e. The molecule has 25 heavy (non-hydrogen) atoms. The summed E-state index contributed by atoms with van der Waals surface area (Å²) in [5, 5.41) is 0.0294. The number of aryl methyl sites for hydroxylation is 2. The lowest BCUT2D eigenvalue weighted by Crippen LogP contribution is -2.16. The highest BCUT2D eigenvalue weighted by Gasteiger charge is 2.22. The van der Waals surface area contributed by atoms with Crippen molar-refractivity contribution in [3.63, 3.8) is 0 Å². The van der Waals surface area contributed by atoms with Gasteiger partial charge in [0.2, 0.25) is 5.91 Å². The zero-order chi connectivity index (χ0) is 18.8. The van der Waals surface area contributed by atoms with E-state index in [1.54, 1.807) is 20.8 Å². The number of ether oxygens (including phenoxy) is 1. The molecule has 1 amide bonds. The van der Waals surface area contributed by atoms with Crippen molar-refractivity contribution >= 4 is 38.4 Å². The van der Waals surface area contributed by atoms with Crippen molar-refractivity contribution in [1.29, 1.82) is 0 Å². The van der Waals surface area contributed by atoms with E-state index in [1.807, 2.05) is 0 Å². The Bertz CT molecular complexity index is 935. The molecule has 0 aliphatic rings. The molecule has 0 atom stereocenters. The van der Waals surface area contributed by atoms with Gasteiger partial charge in [0, 0.05) is 5.56 Å². The van der Waals surface area contributed by atoms with Crippen LogP contribution in [0.2, 0.25) is 0 Å². The summed E-state index contributed by atoms with van der Waals surface area (Å²) >= 11 is 0.875. The minimum absolute atomic E-state index is 0.0294. The molecule has 0 saturated heterocycles. The highest BCUT2D eigenvalue weighted by atomic mass is 32.2. The van der Waals surface area contributed by atoms with Gasteiger partial charge in [-0.25, -0.2) is 18.2 Å². The molecule has 8 nitrogen and oxygen atoms in total. The van der Waals surface area contributed by atoms with Crippen LogP contribution in [0.15, 0.2) is 23.1 Å². The summed E-state index contributed by atoms with van der Waals surface area (Å²) in [5.74, 6) is -1.28. The van der Waals surface area contributed by atoms with Gasteiger partial charge in [0.15, 0.2) is 5.13 Å². The fourth-order valence-electron chi connectivity index (χ4n) is 2.03. The fraction of sp³-hybridized carbons (Fsp3) is 0.267. The average molecular weight is 383 g/mol. The van der Waals surface area contributed by atoms with Gasteiger partial charge in [-0.2, -0.15) is 0 Å². The summed E-state index contributed by atoms with van der Waals surface area (Å²) in [4.78, 5) is 27.3. The molecule has 0 aliphatic heterocycles. The largest absolute Gasteiger partial charge is 0.462 e. The minimum Gasteiger partial charge on any atom is -0.462 e. The minimum atomic E-state index is -3.99. The third-order valence-electron chi connectivity index (χ3n) is 3.26. The predicted molar refractivity (Wildman–Crippen MR) is 93.3 cm³/mol. The average Bonchev–Trinajstić information content (AvgIpc) is 2.87. The molecular formula is C15H17N3O5S2. The molecule has 1 aromatic heterocycles. The molecule has 0 radical (unpaired) electrons. The topological polar surface area (TPSA) is 128 Å². The number of amides is 1. The highest BCUT2D eigenvalue weighted by molar-refractivity contribution is 7.93. The third kappa shape index (κ3) is 4.15. The Hall–Kier alpha value is -2.46. The first kappa shape index (κ1) is 18.9. The third-order valence-corrected chi connectivity index (χ3v) is 5.78. The molecule has 0 spiro atoms. The lowest BCUT2D eigenvalue weighted by atomic mass is 10.1. The molecule has 3 N–H and O–H groups in total. The summed E-state index contributed by atoms with van der Waals surface area (Å²) in [6.45, 7) is 5.11. The summed E-state index contributed by atoms with van der Waals surface area (Å²) in [6, 6.07) is 4.05. The number of nitrogens with zero attached hydrogens (tertiary/aromatic N) is 1. The molecule has 2 rings (SSSR count). The predicted octanol–water partition coefficient (Wildman–Crippen LogP) is 1.84. The van der Waals surface area contributed by atoms with Crippen LogP contribution in [0.4, 0.5) is 5.13 Å². The number of rotatable bonds is 6. The number of nitrogens with one attached hydrogen (secondary N) is 1. The van der Waals surface area contributed by atoms with Crippen molar-refractivity contribution in [3.8, 4) is 0 Å². The number of nitrogens with two attached hydrogens (primary N) is 1. The molecule has 10 heteroatoms. The SMILES string of the molecule is CCOC(=O)c1sc(NS(=O)(=O)c2ccc(C)c(C(N)=O)c2)nc1C. The molecular weight excluding hydrogens is 366 g/mol. The second kappa shape index (κ2) is 7.19. The zero-order valence-corrected chi connectivity index (χ0v) is 15.5. The number of aromatic nitrogens is 1. The van der Waals surface area contributed by atoms with Gasteiger partial charge in [-0.3, -0.25) is 9.52 Å². The van der Waals surface area contributed by atoms with E-state index in [9.17, 15) is 18.0 Å². The van der Waals surface area contributed by atoms with Crippen LogP contribution in [0.1, 0.15) is 38.2 Å². The number of carbonyl (C=O) groups is 2. The Morgan fingerprint density at radius 3 is 2.60 bits per heavy atom. The Morgan fingerprint density at radius 2 is 2.00 bits per heavy atom. The van der Waals surface area contributed by atoms with Gasteiger partial charge in [0.25, 0.3) is 10.0 Å². The van der Waals surface area contributed by atoms with Crippen LogP contribution >= 0.6 is 11.3 Å². The number of hydrogen-bond acceptors (Lipinski definition) is 7. The molecule has 0 saturated carbocycles. The number of hydrogen-bond donors (Lipinski definition) is 2. The lowest BCUT2D eigenvalue weighted by Gasteiger charge is -2.08. The Labute approximate surface area is 149 Å². The van der Waals surface area contributed by atoms with Gasteiger partial charge in [-0.15, -0.1) is 0 Å². The maximum absolute atomic E-state index is 12.5. The standard InChI is InChI=1S/C15H17N3O5S2/c1-4-23-14(20)12-9(3)17-15(24-12)18-25(21,22)10-6-5-8(2)11(7-10)13(16)19/h5-7H,4H2,1-3H3,(H2,16,19)(H,17,18). The van der Waals surface area contributed by atoms with Crippen molar-refractivity contribution in [3.05, 3.63) is 39.9 Å². The molecule has 1 aromatic carbocycles. The molecule has 1 heterocycles. The Kier molecular flexibility index (Phi) is 5.43. The van der Waals surface area contributed by atoms with Gasteiger partial charge < -0.3 is 10.5 Å². The van der Waals surface area contributed by atoms with E-state index >= 15 is 0 Å². The van der Waals surface area contributed by atoms with E-state index in [0.29, 0.717) is 11.3 Å². The second-order valence-corrected chi connectivity index (χ2v) is 7.78. The van der Waals surface area contributed by atoms with E-state index in [0.717, 1.165) is 11.3 Å². The highest BCUT2D eigenvalue weighted by Crippen LogP contribution is 2.26. The maximum atomic E-state index is 12.5. The number of thiazole rings is 1. The number of primary amides is 1. The number of anilines is 1. The van der Waals surface area contributed by atoms with Gasteiger partial charge in [-0.05, 0) is 38.5 Å². The number of carbonyl (C=O) groups excluding carboxylic acids is 2. The number of esters is 1. The first-order chi connectivity index (χ1) is 11.7. The van der Waals surface area contributed by atoms with Crippen LogP contribution in [-0.2, 0) is 14.8 Å². The summed E-state index contributed by atoms with van der Waals surface area (Å²) in [6.07, 6.45) is 0. The first-order valence-corrected chi connectivity index (χ1v) is 9.53. The van der Waals surface area contributed by atoms with Crippen molar-refractivity contribution in [2.24, 2.45) is 5.73 Å². The Morgan fingerprint density at radius 1 is 1.32 bits per heavy atom. The monoisotopic (exact) mass is 383 g/mol. The maximum Gasteiger partial charge on any atom is 0.350 e. The number of benzene rings is 1. The Balaban J connectivity index is 2.34. The second-order valence-electron chi connectivity index (χ2n) is 5.10. The molecule has 134 valence electrons. The molecule has 2 aromatic rings. The molecule has 0 fully saturated rings. The van der Waals surface area contributed by atoms with Crippen LogP contribution in [0.3, 0.4) is 0 Å². The van der Waals surface area contributed by atoms with Gasteiger partial charge in [0.1, 0.15) is 4.88 Å². The van der Waals surface area contributed by atoms with Gasteiger partial charge >= 0.3 is 5.97 Å². The number of sulfonamides is 1. The normalized spacial score (nSPS) is 11.2. The van der Waals surface area contributed by atoms with E-state index in [4.69, 9.17) is 10.5 Å². The van der Waals surface area contributed by atoms with Crippen molar-refractivity contribution in [2.75, 3.05) is 11.3 Å². The lowest BCUT2D eigenvalue weighted by molar-refractivity contribution is 0.0531. The van der Waals surface area contributed by atoms with Crippen LogP contribution in [0, 0.1) is 13.8 Å².